The van der Waals surface area contributed by atoms with E-state index in [9.17, 15) is 9.59 Å². The predicted molar refractivity (Wildman–Crippen MR) is 128 cm³/mol. The number of piperazine rings is 1. The minimum atomic E-state index is -0.636. The average Bonchev–Trinajstić information content (AvgIpc) is 3.15. The van der Waals surface area contributed by atoms with E-state index < -0.39 is 11.8 Å². The summed E-state index contributed by atoms with van der Waals surface area (Å²) in [4.78, 5) is 32.0. The van der Waals surface area contributed by atoms with E-state index in [0.29, 0.717) is 12.2 Å². The van der Waals surface area contributed by atoms with Crippen LogP contribution in [0.3, 0.4) is 0 Å². The standard InChI is InChI=1S/C25H33N5O2/c1-18-5-4-6-21(15-18)27-25(32)24(31)26-17-23(30-13-11-28(2)12-14-30)19-7-8-22-20(16-19)9-10-29(22)3/h4-8,15-16,23H,9-14,17H2,1-3H3,(H,26,31)(H,27,32). The summed E-state index contributed by atoms with van der Waals surface area (Å²) in [6.07, 6.45) is 1.04. The van der Waals surface area contributed by atoms with Crippen LogP contribution in [0, 0.1) is 6.92 Å². The lowest BCUT2D eigenvalue weighted by molar-refractivity contribution is -0.136. The summed E-state index contributed by atoms with van der Waals surface area (Å²) in [5, 5.41) is 5.58. The van der Waals surface area contributed by atoms with Crippen LogP contribution >= 0.6 is 0 Å². The molecular weight excluding hydrogens is 402 g/mol. The fourth-order valence-electron chi connectivity index (χ4n) is 4.57. The number of rotatable bonds is 5. The molecule has 2 aromatic carbocycles. The van der Waals surface area contributed by atoms with Crippen molar-refractivity contribution in [2.24, 2.45) is 0 Å². The van der Waals surface area contributed by atoms with Crippen molar-refractivity contribution in [1.82, 2.24) is 15.1 Å². The number of nitrogens with one attached hydrogen (secondary N) is 2. The number of nitrogens with zero attached hydrogens (tertiary/aromatic N) is 3. The molecular formula is C25H33N5O2. The highest BCUT2D eigenvalue weighted by molar-refractivity contribution is 6.39. The zero-order valence-electron chi connectivity index (χ0n) is 19.2. The van der Waals surface area contributed by atoms with Crippen LogP contribution in [0.25, 0.3) is 0 Å². The number of anilines is 2. The molecule has 2 aliphatic rings. The molecule has 1 atom stereocenters. The third-order valence-corrected chi connectivity index (χ3v) is 6.53. The third-order valence-electron chi connectivity index (χ3n) is 6.53. The van der Waals surface area contributed by atoms with Gasteiger partial charge in [-0.1, -0.05) is 24.3 Å². The molecule has 170 valence electrons. The van der Waals surface area contributed by atoms with Crippen LogP contribution in [0.15, 0.2) is 42.5 Å². The minimum absolute atomic E-state index is 0.0376. The summed E-state index contributed by atoms with van der Waals surface area (Å²) < 4.78 is 0. The average molecular weight is 436 g/mol. The van der Waals surface area contributed by atoms with Crippen molar-refractivity contribution in [2.75, 3.05) is 63.6 Å². The molecule has 2 N–H and O–H groups in total. The Hall–Kier alpha value is -2.90. The zero-order chi connectivity index (χ0) is 22.7. The number of carbonyl (C=O) groups is 2. The largest absolute Gasteiger partial charge is 0.374 e. The number of benzene rings is 2. The topological polar surface area (TPSA) is 67.9 Å². The summed E-state index contributed by atoms with van der Waals surface area (Å²) >= 11 is 0. The minimum Gasteiger partial charge on any atom is -0.374 e. The number of likely N-dealkylation sites (N-methyl/N-ethyl adjacent to an activating group) is 2. The quantitative estimate of drug-likeness (QED) is 0.704. The second-order valence-corrected chi connectivity index (χ2v) is 8.95. The predicted octanol–water partition coefficient (Wildman–Crippen LogP) is 2.03. The Kier molecular flexibility index (Phi) is 6.77. The Morgan fingerprint density at radius 3 is 2.50 bits per heavy atom. The molecule has 2 amide bonds. The lowest BCUT2D eigenvalue weighted by Gasteiger charge is -2.38. The van der Waals surface area contributed by atoms with Gasteiger partial charge in [-0.15, -0.1) is 0 Å². The number of amides is 2. The van der Waals surface area contributed by atoms with Crippen molar-refractivity contribution >= 4 is 23.2 Å². The second-order valence-electron chi connectivity index (χ2n) is 8.95. The first-order valence-electron chi connectivity index (χ1n) is 11.3. The van der Waals surface area contributed by atoms with Gasteiger partial charge < -0.3 is 20.4 Å². The Balaban J connectivity index is 1.46. The van der Waals surface area contributed by atoms with Crippen LogP contribution in [-0.4, -0.2) is 75.0 Å². The smallest absolute Gasteiger partial charge is 0.313 e. The molecule has 2 aromatic rings. The Morgan fingerprint density at radius 2 is 1.75 bits per heavy atom. The van der Waals surface area contributed by atoms with Gasteiger partial charge in [-0.25, -0.2) is 0 Å². The molecule has 1 fully saturated rings. The molecule has 1 unspecified atom stereocenters. The molecule has 0 aromatic heterocycles. The van der Waals surface area contributed by atoms with Crippen LogP contribution in [0.5, 0.6) is 0 Å². The lowest BCUT2D eigenvalue weighted by Crippen LogP contribution is -2.49. The number of fused-ring (bicyclic) bond motifs is 1. The van der Waals surface area contributed by atoms with Crippen molar-refractivity contribution in [3.8, 4) is 0 Å². The van der Waals surface area contributed by atoms with Crippen molar-refractivity contribution in [2.45, 2.75) is 19.4 Å². The molecule has 2 heterocycles. The highest BCUT2D eigenvalue weighted by Crippen LogP contribution is 2.31. The maximum atomic E-state index is 12.6. The molecule has 7 nitrogen and oxygen atoms in total. The monoisotopic (exact) mass is 435 g/mol. The molecule has 0 spiro atoms. The van der Waals surface area contributed by atoms with Crippen molar-refractivity contribution < 1.29 is 9.59 Å². The molecule has 4 rings (SSSR count). The van der Waals surface area contributed by atoms with Crippen LogP contribution in [-0.2, 0) is 16.0 Å². The van der Waals surface area contributed by atoms with Gasteiger partial charge >= 0.3 is 11.8 Å². The van der Waals surface area contributed by atoms with Gasteiger partial charge in [0.1, 0.15) is 0 Å². The first-order chi connectivity index (χ1) is 15.4. The molecule has 0 bridgehead atoms. The zero-order valence-corrected chi connectivity index (χ0v) is 19.2. The van der Waals surface area contributed by atoms with E-state index >= 15 is 0 Å². The van der Waals surface area contributed by atoms with Gasteiger partial charge in [-0.05, 0) is 55.3 Å². The number of hydrogen-bond acceptors (Lipinski definition) is 5. The molecule has 0 aliphatic carbocycles. The fraction of sp³-hybridized carbons (Fsp3) is 0.440. The first-order valence-corrected chi connectivity index (χ1v) is 11.3. The number of carbonyl (C=O) groups excluding carboxylic acids is 2. The van der Waals surface area contributed by atoms with E-state index in [1.54, 1.807) is 6.07 Å². The molecule has 32 heavy (non-hydrogen) atoms. The third kappa shape index (κ3) is 5.11. The van der Waals surface area contributed by atoms with Crippen molar-refractivity contribution in [1.29, 1.82) is 0 Å². The summed E-state index contributed by atoms with van der Waals surface area (Å²) in [5.41, 5.74) is 5.49. The van der Waals surface area contributed by atoms with Crippen molar-refractivity contribution in [3.63, 3.8) is 0 Å². The normalized spacial score (nSPS) is 17.7. The highest BCUT2D eigenvalue weighted by atomic mass is 16.2. The van der Waals surface area contributed by atoms with E-state index in [1.165, 1.54) is 16.8 Å². The lowest BCUT2D eigenvalue weighted by atomic mass is 10.00. The highest BCUT2D eigenvalue weighted by Gasteiger charge is 2.27. The van der Waals surface area contributed by atoms with Gasteiger partial charge in [0.05, 0.1) is 6.04 Å². The Bertz CT molecular complexity index is 984. The van der Waals surface area contributed by atoms with Gasteiger partial charge in [-0.2, -0.15) is 0 Å². The summed E-state index contributed by atoms with van der Waals surface area (Å²) in [5.74, 6) is -1.24. The van der Waals surface area contributed by atoms with Crippen LogP contribution in [0.2, 0.25) is 0 Å². The van der Waals surface area contributed by atoms with Crippen LogP contribution < -0.4 is 15.5 Å². The van der Waals surface area contributed by atoms with Gasteiger partial charge in [0.15, 0.2) is 0 Å². The summed E-state index contributed by atoms with van der Waals surface area (Å²) in [7, 11) is 4.26. The maximum Gasteiger partial charge on any atom is 0.313 e. The fourth-order valence-corrected chi connectivity index (χ4v) is 4.57. The molecule has 2 aliphatic heterocycles. The van der Waals surface area contributed by atoms with Gasteiger partial charge in [0, 0.05) is 57.7 Å². The van der Waals surface area contributed by atoms with Crippen molar-refractivity contribution in [3.05, 3.63) is 59.2 Å². The van der Waals surface area contributed by atoms with E-state index in [2.05, 4.69) is 57.6 Å². The first kappa shape index (κ1) is 22.3. The van der Waals surface area contributed by atoms with Gasteiger partial charge in [0.2, 0.25) is 0 Å². The summed E-state index contributed by atoms with van der Waals surface area (Å²) in [6.45, 7) is 7.24. The second kappa shape index (κ2) is 9.71. The van der Waals surface area contributed by atoms with E-state index in [1.807, 2.05) is 25.1 Å². The summed E-state index contributed by atoms with van der Waals surface area (Å²) in [6, 6.07) is 14.1. The number of hydrogen-bond donors (Lipinski definition) is 2. The molecule has 0 radical (unpaired) electrons. The van der Waals surface area contributed by atoms with Crippen LogP contribution in [0.1, 0.15) is 22.7 Å². The van der Waals surface area contributed by atoms with Crippen LogP contribution in [0.4, 0.5) is 11.4 Å². The Labute approximate surface area is 190 Å². The van der Waals surface area contributed by atoms with E-state index in [-0.39, 0.29) is 6.04 Å². The molecule has 1 saturated heterocycles. The maximum absolute atomic E-state index is 12.6. The Morgan fingerprint density at radius 1 is 0.969 bits per heavy atom. The van der Waals surface area contributed by atoms with Gasteiger partial charge in [0.25, 0.3) is 0 Å². The number of aryl methyl sites for hydroxylation is 1. The SMILES string of the molecule is Cc1cccc(NC(=O)C(=O)NCC(c2ccc3c(c2)CCN3C)N2CCN(C)CC2)c1. The molecule has 0 saturated carbocycles. The molecule has 7 heteroatoms. The van der Waals surface area contributed by atoms with E-state index in [0.717, 1.165) is 44.7 Å². The van der Waals surface area contributed by atoms with Gasteiger partial charge in [-0.3, -0.25) is 14.5 Å². The van der Waals surface area contributed by atoms with E-state index in [4.69, 9.17) is 0 Å².